The minimum atomic E-state index is -4.61. The van der Waals surface area contributed by atoms with E-state index in [9.17, 15) is 18.0 Å². The van der Waals surface area contributed by atoms with Crippen molar-refractivity contribution in [3.8, 4) is 17.1 Å². The van der Waals surface area contributed by atoms with Crippen molar-refractivity contribution in [1.82, 2.24) is 4.98 Å². The number of carbonyl (C=O) groups excluding carboxylic acids is 1. The number of rotatable bonds is 1. The van der Waals surface area contributed by atoms with Crippen LogP contribution in [-0.4, -0.2) is 29.8 Å². The summed E-state index contributed by atoms with van der Waals surface area (Å²) in [4.78, 5) is 17.3. The van der Waals surface area contributed by atoms with Crippen LogP contribution in [0.4, 0.5) is 23.7 Å². The molecule has 0 radical (unpaired) electrons. The zero-order chi connectivity index (χ0) is 19.1. The molecule has 1 aromatic heterocycles. The van der Waals surface area contributed by atoms with Gasteiger partial charge in [0, 0.05) is 0 Å². The van der Waals surface area contributed by atoms with E-state index >= 15 is 0 Å². The van der Waals surface area contributed by atoms with Crippen molar-refractivity contribution in [2.75, 3.05) is 18.1 Å². The summed E-state index contributed by atoms with van der Waals surface area (Å²) in [6, 6.07) is 1.79. The quantitative estimate of drug-likeness (QED) is 0.740. The topological polar surface area (TPSA) is 64.8 Å². The zero-order valence-corrected chi connectivity index (χ0v) is 14.4. The number of fused-ring (bicyclic) bond motifs is 1. The molecule has 140 valence electrons. The van der Waals surface area contributed by atoms with Crippen LogP contribution in [0, 0.1) is 0 Å². The van der Waals surface area contributed by atoms with Gasteiger partial charge in [-0.15, -0.1) is 0 Å². The molecule has 0 N–H and O–H groups in total. The molecule has 0 unspecified atom stereocenters. The molecule has 3 rings (SSSR count). The van der Waals surface area contributed by atoms with E-state index in [1.54, 1.807) is 20.8 Å². The van der Waals surface area contributed by atoms with Crippen LogP contribution in [0.15, 0.2) is 29.1 Å². The number of hydrogen-bond donors (Lipinski definition) is 0. The van der Waals surface area contributed by atoms with Crippen LogP contribution in [0.1, 0.15) is 26.3 Å². The molecule has 2 heterocycles. The van der Waals surface area contributed by atoms with Crippen molar-refractivity contribution in [3.05, 3.63) is 30.3 Å². The maximum atomic E-state index is 13.4. The second-order valence-corrected chi connectivity index (χ2v) is 6.72. The van der Waals surface area contributed by atoms with E-state index in [1.807, 2.05) is 0 Å². The minimum absolute atomic E-state index is 0.0216. The Morgan fingerprint density at radius 3 is 2.58 bits per heavy atom. The standard InChI is InChI=1S/C17H17F3N2O4/c1-16(2,3)26-15(23)22-4-5-24-14-11(13-8-21-9-25-13)6-10(7-12(14)22)17(18,19)20/h6-9H,4-5H2,1-3H3. The zero-order valence-electron chi connectivity index (χ0n) is 14.4. The van der Waals surface area contributed by atoms with Crippen LogP contribution in [-0.2, 0) is 10.9 Å². The Morgan fingerprint density at radius 1 is 1.27 bits per heavy atom. The van der Waals surface area contributed by atoms with Crippen molar-refractivity contribution in [2.24, 2.45) is 0 Å². The van der Waals surface area contributed by atoms with Gasteiger partial charge in [0.1, 0.15) is 12.2 Å². The predicted molar refractivity (Wildman–Crippen MR) is 86.0 cm³/mol. The number of amides is 1. The van der Waals surface area contributed by atoms with E-state index in [4.69, 9.17) is 13.9 Å². The van der Waals surface area contributed by atoms with Gasteiger partial charge in [-0.3, -0.25) is 4.90 Å². The van der Waals surface area contributed by atoms with Crippen molar-refractivity contribution < 1.29 is 31.9 Å². The van der Waals surface area contributed by atoms with E-state index in [2.05, 4.69) is 4.98 Å². The first-order valence-electron chi connectivity index (χ1n) is 7.84. The van der Waals surface area contributed by atoms with Crippen LogP contribution < -0.4 is 9.64 Å². The fourth-order valence-corrected chi connectivity index (χ4v) is 2.53. The number of ether oxygens (including phenoxy) is 2. The number of anilines is 1. The highest BCUT2D eigenvalue weighted by molar-refractivity contribution is 5.93. The van der Waals surface area contributed by atoms with Crippen LogP contribution in [0.25, 0.3) is 11.3 Å². The number of benzene rings is 1. The van der Waals surface area contributed by atoms with Crippen LogP contribution in [0.5, 0.6) is 5.75 Å². The summed E-state index contributed by atoms with van der Waals surface area (Å²) in [7, 11) is 0. The van der Waals surface area contributed by atoms with Gasteiger partial charge < -0.3 is 13.9 Å². The number of hydrogen-bond acceptors (Lipinski definition) is 5. The molecule has 0 saturated carbocycles. The highest BCUT2D eigenvalue weighted by Crippen LogP contribution is 2.45. The minimum Gasteiger partial charge on any atom is -0.489 e. The summed E-state index contributed by atoms with van der Waals surface area (Å²) in [6.07, 6.45) is -2.96. The highest BCUT2D eigenvalue weighted by Gasteiger charge is 2.37. The van der Waals surface area contributed by atoms with Gasteiger partial charge in [-0.25, -0.2) is 9.78 Å². The molecule has 26 heavy (non-hydrogen) atoms. The number of nitrogens with zero attached hydrogens (tertiary/aromatic N) is 2. The SMILES string of the molecule is CC(C)(C)OC(=O)N1CCOc2c(-c3cnco3)cc(C(F)(F)F)cc21. The maximum Gasteiger partial charge on any atom is 0.416 e. The monoisotopic (exact) mass is 370 g/mol. The molecule has 0 spiro atoms. The molecule has 1 aromatic carbocycles. The Kier molecular flexibility index (Phi) is 4.33. The number of carbonyl (C=O) groups is 1. The summed E-state index contributed by atoms with van der Waals surface area (Å²) < 4.78 is 56.1. The Balaban J connectivity index is 2.14. The summed E-state index contributed by atoms with van der Waals surface area (Å²) >= 11 is 0. The van der Waals surface area contributed by atoms with E-state index in [0.717, 1.165) is 23.4 Å². The second-order valence-electron chi connectivity index (χ2n) is 6.72. The lowest BCUT2D eigenvalue weighted by molar-refractivity contribution is -0.137. The largest absolute Gasteiger partial charge is 0.489 e. The average Bonchev–Trinajstić information content (AvgIpc) is 3.04. The molecule has 0 aliphatic carbocycles. The van der Waals surface area contributed by atoms with Crippen molar-refractivity contribution >= 4 is 11.8 Å². The smallest absolute Gasteiger partial charge is 0.416 e. The molecule has 0 atom stereocenters. The molecule has 0 bridgehead atoms. The van der Waals surface area contributed by atoms with Gasteiger partial charge in [-0.2, -0.15) is 13.2 Å². The third-order valence-electron chi connectivity index (χ3n) is 3.56. The molecule has 6 nitrogen and oxygen atoms in total. The van der Waals surface area contributed by atoms with Gasteiger partial charge in [0.2, 0.25) is 0 Å². The molecular weight excluding hydrogens is 353 g/mol. The Hall–Kier alpha value is -2.71. The lowest BCUT2D eigenvalue weighted by Gasteiger charge is -2.32. The first-order valence-corrected chi connectivity index (χ1v) is 7.84. The summed E-state index contributed by atoms with van der Waals surface area (Å²) in [5.41, 5.74) is -1.67. The van der Waals surface area contributed by atoms with Gasteiger partial charge in [-0.1, -0.05) is 0 Å². The molecule has 2 aromatic rings. The van der Waals surface area contributed by atoms with Gasteiger partial charge in [0.15, 0.2) is 17.9 Å². The first kappa shape index (κ1) is 18.1. The third-order valence-corrected chi connectivity index (χ3v) is 3.56. The number of aromatic nitrogens is 1. The van der Waals surface area contributed by atoms with Crippen molar-refractivity contribution in [3.63, 3.8) is 0 Å². The van der Waals surface area contributed by atoms with E-state index in [0.29, 0.717) is 0 Å². The number of oxazole rings is 1. The Morgan fingerprint density at radius 2 is 2.00 bits per heavy atom. The van der Waals surface area contributed by atoms with Gasteiger partial charge in [0.25, 0.3) is 0 Å². The fourth-order valence-electron chi connectivity index (χ4n) is 2.53. The van der Waals surface area contributed by atoms with Gasteiger partial charge in [0.05, 0.1) is 29.6 Å². The van der Waals surface area contributed by atoms with Gasteiger partial charge in [-0.05, 0) is 32.9 Å². The Bertz CT molecular complexity index is 811. The molecular formula is C17H17F3N2O4. The van der Waals surface area contributed by atoms with Crippen LogP contribution in [0.3, 0.4) is 0 Å². The summed E-state index contributed by atoms with van der Waals surface area (Å²) in [5.74, 6) is 0.227. The molecule has 1 aliphatic rings. The van der Waals surface area contributed by atoms with Crippen LogP contribution in [0.2, 0.25) is 0 Å². The average molecular weight is 370 g/mol. The number of alkyl halides is 3. The fraction of sp³-hybridized carbons (Fsp3) is 0.412. The normalized spacial score (nSPS) is 14.6. The Labute approximate surface area is 147 Å². The van der Waals surface area contributed by atoms with E-state index < -0.39 is 23.4 Å². The van der Waals surface area contributed by atoms with E-state index in [1.165, 1.54) is 6.20 Å². The lowest BCUT2D eigenvalue weighted by Crippen LogP contribution is -2.41. The maximum absolute atomic E-state index is 13.4. The summed E-state index contributed by atoms with van der Waals surface area (Å²) in [5, 5.41) is 0. The van der Waals surface area contributed by atoms with Gasteiger partial charge >= 0.3 is 12.3 Å². The van der Waals surface area contributed by atoms with E-state index in [-0.39, 0.29) is 35.9 Å². The van der Waals surface area contributed by atoms with Crippen molar-refractivity contribution in [1.29, 1.82) is 0 Å². The summed E-state index contributed by atoms with van der Waals surface area (Å²) in [6.45, 7) is 5.22. The molecule has 0 saturated heterocycles. The molecule has 1 aliphatic heterocycles. The molecule has 9 heteroatoms. The lowest BCUT2D eigenvalue weighted by atomic mass is 10.0. The second kappa shape index (κ2) is 6.22. The third kappa shape index (κ3) is 3.61. The molecule has 0 fully saturated rings. The van der Waals surface area contributed by atoms with Crippen LogP contribution >= 0.6 is 0 Å². The first-order chi connectivity index (χ1) is 12.1. The highest BCUT2D eigenvalue weighted by atomic mass is 19.4. The number of halogens is 3. The predicted octanol–water partition coefficient (Wildman–Crippen LogP) is 4.49. The van der Waals surface area contributed by atoms with Crippen molar-refractivity contribution in [2.45, 2.75) is 32.5 Å². The molecule has 1 amide bonds.